The lowest BCUT2D eigenvalue weighted by Crippen LogP contribution is -2.36. The molecule has 0 fully saturated rings. The molecule has 0 aromatic heterocycles. The summed E-state index contributed by atoms with van der Waals surface area (Å²) in [6, 6.07) is 14.0. The van der Waals surface area contributed by atoms with Crippen molar-refractivity contribution in [3.05, 3.63) is 74.8 Å². The molecule has 23 heavy (non-hydrogen) atoms. The van der Waals surface area contributed by atoms with E-state index in [2.05, 4.69) is 15.6 Å². The first-order valence-electron chi connectivity index (χ1n) is 7.01. The van der Waals surface area contributed by atoms with Crippen LogP contribution in [0.4, 0.5) is 5.69 Å². The zero-order chi connectivity index (χ0) is 16.7. The highest BCUT2D eigenvalue weighted by Gasteiger charge is 2.04. The largest absolute Gasteiger partial charge is 0.352 e. The third kappa shape index (κ3) is 5.27. The molecule has 0 bridgehead atoms. The molecule has 0 aliphatic heterocycles. The summed E-state index contributed by atoms with van der Waals surface area (Å²) in [4.78, 5) is 14.3. The maximum atomic E-state index is 10.6. The standard InChI is InChI=1S/C16H17ClN4O2/c1-18-16(20-11-13-3-2-4-14(17)9-13)19-10-12-5-7-15(8-6-12)21(22)23/h2-9H,10-11H2,1H3,(H2,18,19,20). The van der Waals surface area contributed by atoms with Crippen molar-refractivity contribution < 1.29 is 4.92 Å². The molecule has 2 aromatic rings. The monoisotopic (exact) mass is 332 g/mol. The maximum absolute atomic E-state index is 10.6. The van der Waals surface area contributed by atoms with E-state index >= 15 is 0 Å². The lowest BCUT2D eigenvalue weighted by molar-refractivity contribution is -0.384. The lowest BCUT2D eigenvalue weighted by atomic mass is 10.2. The molecular formula is C16H17ClN4O2. The predicted octanol–water partition coefficient (Wildman–Crippen LogP) is 3.11. The fraction of sp³-hybridized carbons (Fsp3) is 0.188. The van der Waals surface area contributed by atoms with Gasteiger partial charge in [0.25, 0.3) is 5.69 Å². The average molecular weight is 333 g/mol. The van der Waals surface area contributed by atoms with E-state index in [1.807, 2.05) is 24.3 Å². The first-order valence-corrected chi connectivity index (χ1v) is 7.38. The number of hydrogen-bond acceptors (Lipinski definition) is 3. The molecule has 2 aromatic carbocycles. The summed E-state index contributed by atoms with van der Waals surface area (Å²) in [6.45, 7) is 1.12. The van der Waals surface area contributed by atoms with Crippen LogP contribution in [-0.2, 0) is 13.1 Å². The maximum Gasteiger partial charge on any atom is 0.269 e. The van der Waals surface area contributed by atoms with E-state index in [4.69, 9.17) is 11.6 Å². The first kappa shape index (κ1) is 16.8. The average Bonchev–Trinajstić information content (AvgIpc) is 2.55. The van der Waals surface area contributed by atoms with Crippen LogP contribution in [0.15, 0.2) is 53.5 Å². The number of nitrogens with zero attached hydrogens (tertiary/aromatic N) is 2. The number of nitro groups is 1. The van der Waals surface area contributed by atoms with Gasteiger partial charge in [0.05, 0.1) is 4.92 Å². The summed E-state index contributed by atoms with van der Waals surface area (Å²) in [5.41, 5.74) is 2.06. The molecule has 120 valence electrons. The molecule has 0 saturated carbocycles. The normalized spacial score (nSPS) is 11.1. The predicted molar refractivity (Wildman–Crippen MR) is 91.6 cm³/mol. The highest BCUT2D eigenvalue weighted by Crippen LogP contribution is 2.12. The van der Waals surface area contributed by atoms with Gasteiger partial charge < -0.3 is 10.6 Å². The molecule has 6 nitrogen and oxygen atoms in total. The Morgan fingerprint density at radius 3 is 2.35 bits per heavy atom. The van der Waals surface area contributed by atoms with E-state index in [9.17, 15) is 10.1 Å². The quantitative estimate of drug-likeness (QED) is 0.381. The number of rotatable bonds is 5. The summed E-state index contributed by atoms with van der Waals surface area (Å²) in [7, 11) is 1.68. The minimum Gasteiger partial charge on any atom is -0.352 e. The van der Waals surface area contributed by atoms with Crippen molar-refractivity contribution in [2.24, 2.45) is 4.99 Å². The number of aliphatic imine (C=N–C) groups is 1. The number of halogens is 1. The second-order valence-corrected chi connectivity index (χ2v) is 5.27. The molecule has 0 heterocycles. The first-order chi connectivity index (χ1) is 11.1. The van der Waals surface area contributed by atoms with Gasteiger partial charge in [-0.25, -0.2) is 0 Å². The van der Waals surface area contributed by atoms with E-state index in [1.165, 1.54) is 12.1 Å². The van der Waals surface area contributed by atoms with Crippen molar-refractivity contribution in [1.82, 2.24) is 10.6 Å². The molecule has 0 aliphatic carbocycles. The van der Waals surface area contributed by atoms with Crippen molar-refractivity contribution in [2.75, 3.05) is 7.05 Å². The summed E-state index contributed by atoms with van der Waals surface area (Å²) in [5, 5.41) is 17.7. The lowest BCUT2D eigenvalue weighted by Gasteiger charge is -2.12. The van der Waals surface area contributed by atoms with Gasteiger partial charge in [0.2, 0.25) is 0 Å². The molecule has 2 N–H and O–H groups in total. The minimum absolute atomic E-state index is 0.0808. The third-order valence-electron chi connectivity index (χ3n) is 3.18. The molecule has 0 spiro atoms. The number of nitrogens with one attached hydrogen (secondary N) is 2. The number of guanidine groups is 1. The topological polar surface area (TPSA) is 79.6 Å². The van der Waals surface area contributed by atoms with Crippen LogP contribution >= 0.6 is 11.6 Å². The molecule has 0 saturated heterocycles. The SMILES string of the molecule is CN=C(NCc1ccc([N+](=O)[O-])cc1)NCc1cccc(Cl)c1. The Hall–Kier alpha value is -2.60. The van der Waals surface area contributed by atoms with E-state index in [-0.39, 0.29) is 5.69 Å². The van der Waals surface area contributed by atoms with Gasteiger partial charge >= 0.3 is 0 Å². The molecule has 2 rings (SSSR count). The Bertz CT molecular complexity index is 701. The van der Waals surface area contributed by atoms with Gasteiger partial charge in [-0.3, -0.25) is 15.1 Å². The van der Waals surface area contributed by atoms with Gasteiger partial charge in [0.1, 0.15) is 0 Å². The second-order valence-electron chi connectivity index (χ2n) is 4.83. The zero-order valence-corrected chi connectivity index (χ0v) is 13.4. The van der Waals surface area contributed by atoms with Crippen LogP contribution in [0.2, 0.25) is 5.02 Å². The van der Waals surface area contributed by atoms with Crippen LogP contribution in [0.25, 0.3) is 0 Å². The Kier molecular flexibility index (Phi) is 5.94. The van der Waals surface area contributed by atoms with E-state index in [1.54, 1.807) is 19.2 Å². The molecular weight excluding hydrogens is 316 g/mol. The summed E-state index contributed by atoms with van der Waals surface area (Å²) in [6.07, 6.45) is 0. The number of non-ortho nitro benzene ring substituents is 1. The summed E-state index contributed by atoms with van der Waals surface area (Å²) >= 11 is 5.95. The van der Waals surface area contributed by atoms with E-state index in [0.29, 0.717) is 24.1 Å². The smallest absolute Gasteiger partial charge is 0.269 e. The van der Waals surface area contributed by atoms with Crippen molar-refractivity contribution in [3.63, 3.8) is 0 Å². The Morgan fingerprint density at radius 2 is 1.78 bits per heavy atom. The van der Waals surface area contributed by atoms with Crippen LogP contribution in [0.3, 0.4) is 0 Å². The molecule has 0 radical (unpaired) electrons. The van der Waals surface area contributed by atoms with Crippen molar-refractivity contribution in [1.29, 1.82) is 0 Å². The van der Waals surface area contributed by atoms with Crippen LogP contribution in [0.5, 0.6) is 0 Å². The van der Waals surface area contributed by atoms with Gasteiger partial charge in [-0.1, -0.05) is 35.9 Å². The van der Waals surface area contributed by atoms with E-state index < -0.39 is 4.92 Å². The van der Waals surface area contributed by atoms with Crippen LogP contribution in [-0.4, -0.2) is 17.9 Å². The van der Waals surface area contributed by atoms with Gasteiger partial charge in [0, 0.05) is 37.3 Å². The minimum atomic E-state index is -0.414. The fourth-order valence-corrected chi connectivity index (χ4v) is 2.19. The fourth-order valence-electron chi connectivity index (χ4n) is 1.97. The van der Waals surface area contributed by atoms with Crippen LogP contribution in [0, 0.1) is 10.1 Å². The Morgan fingerprint density at radius 1 is 1.13 bits per heavy atom. The molecule has 0 atom stereocenters. The third-order valence-corrected chi connectivity index (χ3v) is 3.41. The van der Waals surface area contributed by atoms with Crippen LogP contribution < -0.4 is 10.6 Å². The molecule has 7 heteroatoms. The van der Waals surface area contributed by atoms with Gasteiger partial charge in [-0.05, 0) is 23.3 Å². The second kappa shape index (κ2) is 8.14. The highest BCUT2D eigenvalue weighted by atomic mass is 35.5. The van der Waals surface area contributed by atoms with Crippen LogP contribution in [0.1, 0.15) is 11.1 Å². The Balaban J connectivity index is 1.86. The van der Waals surface area contributed by atoms with Crippen molar-refractivity contribution >= 4 is 23.2 Å². The molecule has 0 amide bonds. The zero-order valence-electron chi connectivity index (χ0n) is 12.6. The number of benzene rings is 2. The Labute approximate surface area is 139 Å². The van der Waals surface area contributed by atoms with Crippen molar-refractivity contribution in [2.45, 2.75) is 13.1 Å². The number of hydrogen-bond donors (Lipinski definition) is 2. The van der Waals surface area contributed by atoms with Crippen molar-refractivity contribution in [3.8, 4) is 0 Å². The summed E-state index contributed by atoms with van der Waals surface area (Å²) in [5.74, 6) is 0.642. The van der Waals surface area contributed by atoms with E-state index in [0.717, 1.165) is 11.1 Å². The molecule has 0 unspecified atom stereocenters. The van der Waals surface area contributed by atoms with Gasteiger partial charge in [-0.2, -0.15) is 0 Å². The summed E-state index contributed by atoms with van der Waals surface area (Å²) < 4.78 is 0. The number of nitro benzene ring substituents is 1. The van der Waals surface area contributed by atoms with Gasteiger partial charge in [0.15, 0.2) is 5.96 Å². The molecule has 0 aliphatic rings. The van der Waals surface area contributed by atoms with Gasteiger partial charge in [-0.15, -0.1) is 0 Å². The highest BCUT2D eigenvalue weighted by molar-refractivity contribution is 6.30.